The summed E-state index contributed by atoms with van der Waals surface area (Å²) in [5, 5.41) is 16.8. The van der Waals surface area contributed by atoms with Gasteiger partial charge in [0.05, 0.1) is 18.0 Å². The zero-order chi connectivity index (χ0) is 14.0. The van der Waals surface area contributed by atoms with E-state index < -0.39 is 16.1 Å². The fourth-order valence-electron chi connectivity index (χ4n) is 2.17. The van der Waals surface area contributed by atoms with Gasteiger partial charge in [-0.25, -0.2) is 13.1 Å². The van der Waals surface area contributed by atoms with E-state index in [2.05, 4.69) is 15.1 Å². The standard InChI is InChI=1S/C11H20N4O3S/c1-8-11(7-13-15(8)2)19(17,18)14-5-9-3-4-12-6-10(9)16/h7,9-10,12,14,16H,3-6H2,1-2H3/t9-,10+/m0/s1. The number of aromatic nitrogens is 2. The maximum absolute atomic E-state index is 12.2. The molecule has 19 heavy (non-hydrogen) atoms. The molecule has 1 fully saturated rings. The lowest BCUT2D eigenvalue weighted by Gasteiger charge is -2.28. The largest absolute Gasteiger partial charge is 0.391 e. The molecule has 1 aromatic heterocycles. The summed E-state index contributed by atoms with van der Waals surface area (Å²) in [6, 6.07) is 0. The monoisotopic (exact) mass is 288 g/mol. The second-order valence-electron chi connectivity index (χ2n) is 4.89. The van der Waals surface area contributed by atoms with Crippen molar-refractivity contribution in [2.45, 2.75) is 24.3 Å². The number of aliphatic hydroxyl groups excluding tert-OH is 1. The fraction of sp³-hybridized carbons (Fsp3) is 0.727. The molecule has 0 saturated carbocycles. The van der Waals surface area contributed by atoms with Crippen LogP contribution in [-0.4, -0.2) is 49.0 Å². The first-order valence-corrected chi connectivity index (χ1v) is 7.77. The lowest BCUT2D eigenvalue weighted by Crippen LogP contribution is -2.45. The highest BCUT2D eigenvalue weighted by Gasteiger charge is 2.26. The number of sulfonamides is 1. The molecule has 0 spiro atoms. The Bertz CT molecular complexity index is 540. The van der Waals surface area contributed by atoms with Gasteiger partial charge in [0.25, 0.3) is 0 Å². The SMILES string of the molecule is Cc1c(S(=O)(=O)NC[C@@H]2CCNC[C@H]2O)cnn1C. The smallest absolute Gasteiger partial charge is 0.243 e. The summed E-state index contributed by atoms with van der Waals surface area (Å²) in [4.78, 5) is 0.193. The Hall–Kier alpha value is -0.960. The molecule has 8 heteroatoms. The average molecular weight is 288 g/mol. The Kier molecular flexibility index (Phi) is 4.24. The first kappa shape index (κ1) is 14.4. The molecule has 108 valence electrons. The van der Waals surface area contributed by atoms with Crippen molar-refractivity contribution in [1.82, 2.24) is 19.8 Å². The van der Waals surface area contributed by atoms with Crippen molar-refractivity contribution in [1.29, 1.82) is 0 Å². The average Bonchev–Trinajstić information content (AvgIpc) is 2.70. The highest BCUT2D eigenvalue weighted by molar-refractivity contribution is 7.89. The van der Waals surface area contributed by atoms with Gasteiger partial charge >= 0.3 is 0 Å². The van der Waals surface area contributed by atoms with E-state index in [9.17, 15) is 13.5 Å². The van der Waals surface area contributed by atoms with Gasteiger partial charge < -0.3 is 10.4 Å². The molecule has 1 saturated heterocycles. The Morgan fingerprint density at radius 1 is 1.63 bits per heavy atom. The molecule has 1 aliphatic rings. The molecule has 2 rings (SSSR count). The van der Waals surface area contributed by atoms with E-state index in [-0.39, 0.29) is 17.4 Å². The van der Waals surface area contributed by atoms with Gasteiger partial charge in [-0.2, -0.15) is 5.10 Å². The Labute approximate surface area is 113 Å². The molecule has 3 N–H and O–H groups in total. The van der Waals surface area contributed by atoms with Gasteiger partial charge in [-0.3, -0.25) is 4.68 Å². The van der Waals surface area contributed by atoms with E-state index >= 15 is 0 Å². The molecule has 2 heterocycles. The van der Waals surface area contributed by atoms with Crippen LogP contribution < -0.4 is 10.0 Å². The number of hydrogen-bond acceptors (Lipinski definition) is 5. The van der Waals surface area contributed by atoms with Gasteiger partial charge in [0, 0.05) is 26.1 Å². The van der Waals surface area contributed by atoms with Crippen LogP contribution in [0.15, 0.2) is 11.1 Å². The van der Waals surface area contributed by atoms with Crippen LogP contribution in [0.4, 0.5) is 0 Å². The van der Waals surface area contributed by atoms with Crippen molar-refractivity contribution in [3.8, 4) is 0 Å². The quantitative estimate of drug-likeness (QED) is 0.659. The van der Waals surface area contributed by atoms with Crippen molar-refractivity contribution in [3.63, 3.8) is 0 Å². The van der Waals surface area contributed by atoms with Crippen LogP contribution in [-0.2, 0) is 17.1 Å². The van der Waals surface area contributed by atoms with Crippen LogP contribution in [0, 0.1) is 12.8 Å². The summed E-state index contributed by atoms with van der Waals surface area (Å²) in [7, 11) is -1.86. The maximum Gasteiger partial charge on any atom is 0.243 e. The van der Waals surface area contributed by atoms with Crippen molar-refractivity contribution in [3.05, 3.63) is 11.9 Å². The van der Waals surface area contributed by atoms with E-state index in [1.807, 2.05) is 0 Å². The zero-order valence-corrected chi connectivity index (χ0v) is 11.9. The normalized spacial score (nSPS) is 24.6. The first-order chi connectivity index (χ1) is 8.92. The summed E-state index contributed by atoms with van der Waals surface area (Å²) in [6.45, 7) is 3.27. The fourth-order valence-corrected chi connectivity index (χ4v) is 3.47. The number of β-amino-alcohol motifs (C(OH)–C–C–N with tert-alkyl or cyclic N) is 1. The molecule has 0 unspecified atom stereocenters. The van der Waals surface area contributed by atoms with Crippen molar-refractivity contribution >= 4 is 10.0 Å². The lowest BCUT2D eigenvalue weighted by atomic mass is 9.96. The van der Waals surface area contributed by atoms with E-state index in [1.54, 1.807) is 14.0 Å². The minimum Gasteiger partial charge on any atom is -0.391 e. The summed E-state index contributed by atoms with van der Waals surface area (Å²) >= 11 is 0. The minimum absolute atomic E-state index is 0.0481. The molecule has 1 aromatic rings. The number of nitrogens with zero attached hydrogens (tertiary/aromatic N) is 2. The van der Waals surface area contributed by atoms with E-state index in [1.165, 1.54) is 10.9 Å². The van der Waals surface area contributed by atoms with Gasteiger partial charge in [0.1, 0.15) is 4.90 Å². The van der Waals surface area contributed by atoms with Crippen LogP contribution in [0.3, 0.4) is 0 Å². The van der Waals surface area contributed by atoms with Crippen molar-refractivity contribution in [2.24, 2.45) is 13.0 Å². The molecule has 0 radical (unpaired) electrons. The van der Waals surface area contributed by atoms with Crippen LogP contribution in [0.25, 0.3) is 0 Å². The molecule has 0 bridgehead atoms. The summed E-state index contributed by atoms with van der Waals surface area (Å²) < 4.78 is 28.4. The topological polar surface area (TPSA) is 96.2 Å². The van der Waals surface area contributed by atoms with Crippen molar-refractivity contribution < 1.29 is 13.5 Å². The number of piperidine rings is 1. The molecule has 0 aromatic carbocycles. The Morgan fingerprint density at radius 2 is 2.37 bits per heavy atom. The van der Waals surface area contributed by atoms with Gasteiger partial charge in [-0.15, -0.1) is 0 Å². The predicted molar refractivity (Wildman–Crippen MR) is 70.1 cm³/mol. The number of hydrogen-bond donors (Lipinski definition) is 3. The van der Waals surface area contributed by atoms with Crippen LogP contribution in [0.5, 0.6) is 0 Å². The third-order valence-corrected chi connectivity index (χ3v) is 5.13. The number of rotatable bonds is 4. The second-order valence-corrected chi connectivity index (χ2v) is 6.63. The van der Waals surface area contributed by atoms with E-state index in [0.29, 0.717) is 12.2 Å². The third kappa shape index (κ3) is 3.14. The zero-order valence-electron chi connectivity index (χ0n) is 11.1. The molecular weight excluding hydrogens is 268 g/mol. The Balaban J connectivity index is 2.04. The molecule has 2 atom stereocenters. The molecule has 0 aliphatic carbocycles. The molecule has 1 aliphatic heterocycles. The van der Waals surface area contributed by atoms with Crippen LogP contribution in [0.2, 0.25) is 0 Å². The van der Waals surface area contributed by atoms with Crippen LogP contribution >= 0.6 is 0 Å². The number of nitrogens with one attached hydrogen (secondary N) is 2. The van der Waals surface area contributed by atoms with E-state index in [0.717, 1.165) is 13.0 Å². The third-order valence-electron chi connectivity index (χ3n) is 3.60. The van der Waals surface area contributed by atoms with Gasteiger partial charge in [-0.1, -0.05) is 0 Å². The van der Waals surface area contributed by atoms with Gasteiger partial charge in [0.15, 0.2) is 0 Å². The summed E-state index contributed by atoms with van der Waals surface area (Å²) in [5.41, 5.74) is 0.596. The Morgan fingerprint density at radius 3 is 2.95 bits per heavy atom. The van der Waals surface area contributed by atoms with Crippen LogP contribution in [0.1, 0.15) is 12.1 Å². The van der Waals surface area contributed by atoms with Crippen molar-refractivity contribution in [2.75, 3.05) is 19.6 Å². The number of aliphatic hydroxyl groups is 1. The predicted octanol–water partition coefficient (Wildman–Crippen LogP) is -1.02. The lowest BCUT2D eigenvalue weighted by molar-refractivity contribution is 0.0844. The molecule has 7 nitrogen and oxygen atoms in total. The maximum atomic E-state index is 12.2. The minimum atomic E-state index is -3.56. The molecule has 0 amide bonds. The number of aryl methyl sites for hydroxylation is 1. The van der Waals surface area contributed by atoms with Gasteiger partial charge in [0.2, 0.25) is 10.0 Å². The molecular formula is C11H20N4O3S. The first-order valence-electron chi connectivity index (χ1n) is 6.29. The highest BCUT2D eigenvalue weighted by atomic mass is 32.2. The second kappa shape index (κ2) is 5.58. The highest BCUT2D eigenvalue weighted by Crippen LogP contribution is 2.15. The summed E-state index contributed by atoms with van der Waals surface area (Å²) in [6.07, 6.45) is 1.60. The summed E-state index contributed by atoms with van der Waals surface area (Å²) in [5.74, 6) is -0.0481. The van der Waals surface area contributed by atoms with Gasteiger partial charge in [-0.05, 0) is 19.9 Å². The van der Waals surface area contributed by atoms with E-state index in [4.69, 9.17) is 0 Å².